The van der Waals surface area contributed by atoms with E-state index in [1.54, 1.807) is 0 Å². The lowest BCUT2D eigenvalue weighted by Gasteiger charge is -2.07. The third-order valence-electron chi connectivity index (χ3n) is 2.09. The molecule has 1 aromatic carbocycles. The number of hydrogen-bond donors (Lipinski definition) is 1. The summed E-state index contributed by atoms with van der Waals surface area (Å²) < 4.78 is 0.804. The van der Waals surface area contributed by atoms with E-state index < -0.39 is 0 Å². The minimum absolute atomic E-state index is 0.402. The molecule has 1 N–H and O–H groups in total. The van der Waals surface area contributed by atoms with Gasteiger partial charge < -0.3 is 5.11 Å². The van der Waals surface area contributed by atoms with Gasteiger partial charge in [0.25, 0.3) is 0 Å². The Kier molecular flexibility index (Phi) is 3.79. The minimum atomic E-state index is 0.402. The lowest BCUT2D eigenvalue weighted by atomic mass is 10.1. The molecule has 0 bridgehead atoms. The van der Waals surface area contributed by atoms with Crippen LogP contribution in [0.15, 0.2) is 16.6 Å². The van der Waals surface area contributed by atoms with Crippen molar-refractivity contribution >= 4 is 15.9 Å². The molecule has 0 radical (unpaired) electrons. The van der Waals surface area contributed by atoms with Gasteiger partial charge in [-0.05, 0) is 52.9 Å². The van der Waals surface area contributed by atoms with Crippen LogP contribution >= 0.6 is 15.9 Å². The van der Waals surface area contributed by atoms with Crippen molar-refractivity contribution in [3.63, 3.8) is 0 Å². The zero-order valence-corrected chi connectivity index (χ0v) is 9.69. The molecule has 0 saturated heterocycles. The number of rotatable bonds is 3. The van der Waals surface area contributed by atoms with Gasteiger partial charge in [-0.3, -0.25) is 0 Å². The first-order valence-corrected chi connectivity index (χ1v) is 5.42. The number of phenols is 1. The fourth-order valence-corrected chi connectivity index (χ4v) is 1.98. The largest absolute Gasteiger partial charge is 0.506 e. The number of aryl methyl sites for hydroxylation is 2. The van der Waals surface area contributed by atoms with Crippen LogP contribution in [-0.2, 0) is 6.42 Å². The molecule has 0 amide bonds. The zero-order valence-electron chi connectivity index (χ0n) is 8.10. The zero-order chi connectivity index (χ0) is 9.84. The normalized spacial score (nSPS) is 10.4. The second-order valence-corrected chi connectivity index (χ2v) is 4.21. The summed E-state index contributed by atoms with van der Waals surface area (Å²) in [6.07, 6.45) is 3.25. The maximum atomic E-state index is 9.70. The molecule has 0 aliphatic rings. The Bertz CT molecular complexity index is 294. The first-order valence-electron chi connectivity index (χ1n) is 4.63. The highest BCUT2D eigenvalue weighted by Gasteiger charge is 2.05. The number of phenolic OH excluding ortho intramolecular Hbond substituents is 1. The molecule has 0 atom stereocenters. The third-order valence-corrected chi connectivity index (χ3v) is 2.69. The minimum Gasteiger partial charge on any atom is -0.506 e. The average Bonchev–Trinajstić information content (AvgIpc) is 2.09. The van der Waals surface area contributed by atoms with Crippen molar-refractivity contribution in [1.29, 1.82) is 0 Å². The molecule has 0 aromatic heterocycles. The van der Waals surface area contributed by atoms with E-state index in [4.69, 9.17) is 0 Å². The van der Waals surface area contributed by atoms with Crippen molar-refractivity contribution in [2.45, 2.75) is 33.1 Å². The predicted molar refractivity (Wildman–Crippen MR) is 59.2 cm³/mol. The summed E-state index contributed by atoms with van der Waals surface area (Å²) in [7, 11) is 0. The van der Waals surface area contributed by atoms with Crippen molar-refractivity contribution in [1.82, 2.24) is 0 Å². The molecule has 0 fully saturated rings. The van der Waals surface area contributed by atoms with Gasteiger partial charge in [-0.1, -0.05) is 19.4 Å². The number of benzene rings is 1. The van der Waals surface area contributed by atoms with Gasteiger partial charge in [0.15, 0.2) is 0 Å². The van der Waals surface area contributed by atoms with Crippen LogP contribution < -0.4 is 0 Å². The average molecular weight is 243 g/mol. The number of halogens is 1. The number of aromatic hydroxyl groups is 1. The fourth-order valence-electron chi connectivity index (χ4n) is 1.36. The van der Waals surface area contributed by atoms with Crippen LogP contribution in [0.5, 0.6) is 5.75 Å². The van der Waals surface area contributed by atoms with Gasteiger partial charge in [-0.15, -0.1) is 0 Å². The van der Waals surface area contributed by atoms with Crippen molar-refractivity contribution < 1.29 is 5.11 Å². The Morgan fingerprint density at radius 1 is 1.38 bits per heavy atom. The molecule has 0 saturated carbocycles. The number of unbranched alkanes of at least 4 members (excludes halogenated alkanes) is 1. The third kappa shape index (κ3) is 2.73. The van der Waals surface area contributed by atoms with Gasteiger partial charge in [0.2, 0.25) is 0 Å². The van der Waals surface area contributed by atoms with Crippen LogP contribution in [0.2, 0.25) is 0 Å². The lowest BCUT2D eigenvalue weighted by Crippen LogP contribution is -1.88. The summed E-state index contributed by atoms with van der Waals surface area (Å²) in [4.78, 5) is 0. The first-order chi connectivity index (χ1) is 6.15. The lowest BCUT2D eigenvalue weighted by molar-refractivity contribution is 0.463. The molecule has 1 nitrogen and oxygen atoms in total. The Morgan fingerprint density at radius 2 is 2.08 bits per heavy atom. The van der Waals surface area contributed by atoms with Crippen LogP contribution in [0.4, 0.5) is 0 Å². The van der Waals surface area contributed by atoms with Crippen molar-refractivity contribution in [3.05, 3.63) is 27.7 Å². The van der Waals surface area contributed by atoms with Gasteiger partial charge in [-0.2, -0.15) is 0 Å². The van der Waals surface area contributed by atoms with Crippen LogP contribution in [0, 0.1) is 6.92 Å². The summed E-state index contributed by atoms with van der Waals surface area (Å²) >= 11 is 3.34. The number of hydrogen-bond acceptors (Lipinski definition) is 1. The molecular formula is C11H15BrO. The van der Waals surface area contributed by atoms with Crippen molar-refractivity contribution in [2.24, 2.45) is 0 Å². The molecule has 0 aliphatic heterocycles. The molecule has 0 aliphatic carbocycles. The Labute approximate surface area is 87.9 Å². The van der Waals surface area contributed by atoms with E-state index in [2.05, 4.69) is 28.9 Å². The molecule has 13 heavy (non-hydrogen) atoms. The second-order valence-electron chi connectivity index (χ2n) is 3.36. The Balaban J connectivity index is 2.92. The maximum absolute atomic E-state index is 9.70. The van der Waals surface area contributed by atoms with Gasteiger partial charge in [-0.25, -0.2) is 0 Å². The van der Waals surface area contributed by atoms with Crippen molar-refractivity contribution in [3.8, 4) is 5.75 Å². The maximum Gasteiger partial charge on any atom is 0.132 e. The SMILES string of the molecule is CCCCc1cc(C)cc(Br)c1O. The van der Waals surface area contributed by atoms with Gasteiger partial charge in [0.1, 0.15) is 5.75 Å². The molecule has 72 valence electrons. The van der Waals surface area contributed by atoms with E-state index in [1.807, 2.05) is 13.0 Å². The first kappa shape index (κ1) is 10.6. The van der Waals surface area contributed by atoms with Gasteiger partial charge in [0.05, 0.1) is 4.47 Å². The summed E-state index contributed by atoms with van der Waals surface area (Å²) in [5.74, 6) is 0.402. The van der Waals surface area contributed by atoms with Crippen LogP contribution in [0.1, 0.15) is 30.9 Å². The van der Waals surface area contributed by atoms with E-state index in [0.29, 0.717) is 5.75 Å². The topological polar surface area (TPSA) is 20.2 Å². The summed E-state index contributed by atoms with van der Waals surface area (Å²) in [5.41, 5.74) is 2.24. The molecule has 0 unspecified atom stereocenters. The van der Waals surface area contributed by atoms with E-state index >= 15 is 0 Å². The highest BCUT2D eigenvalue weighted by atomic mass is 79.9. The van der Waals surface area contributed by atoms with Crippen LogP contribution in [-0.4, -0.2) is 5.11 Å². The van der Waals surface area contributed by atoms with Gasteiger partial charge >= 0.3 is 0 Å². The highest BCUT2D eigenvalue weighted by molar-refractivity contribution is 9.10. The van der Waals surface area contributed by atoms with E-state index in [0.717, 1.165) is 29.3 Å². The van der Waals surface area contributed by atoms with E-state index in [-0.39, 0.29) is 0 Å². The van der Waals surface area contributed by atoms with Crippen LogP contribution in [0.25, 0.3) is 0 Å². The smallest absolute Gasteiger partial charge is 0.132 e. The van der Waals surface area contributed by atoms with Gasteiger partial charge in [0, 0.05) is 0 Å². The Morgan fingerprint density at radius 3 is 2.69 bits per heavy atom. The molecule has 0 spiro atoms. The van der Waals surface area contributed by atoms with Crippen LogP contribution in [0.3, 0.4) is 0 Å². The van der Waals surface area contributed by atoms with E-state index in [9.17, 15) is 5.11 Å². The Hall–Kier alpha value is -0.500. The second kappa shape index (κ2) is 4.66. The molecule has 0 heterocycles. The summed E-state index contributed by atoms with van der Waals surface area (Å²) in [5, 5.41) is 9.70. The molecule has 2 heteroatoms. The quantitative estimate of drug-likeness (QED) is 0.855. The molecule has 1 aromatic rings. The standard InChI is InChI=1S/C11H15BrO/c1-3-4-5-9-6-8(2)7-10(12)11(9)13/h6-7,13H,3-5H2,1-2H3. The predicted octanol–water partition coefficient (Wildman–Crippen LogP) is 3.81. The van der Waals surface area contributed by atoms with E-state index in [1.165, 1.54) is 5.56 Å². The summed E-state index contributed by atoms with van der Waals surface area (Å²) in [6, 6.07) is 3.99. The summed E-state index contributed by atoms with van der Waals surface area (Å²) in [6.45, 7) is 4.20. The monoisotopic (exact) mass is 242 g/mol. The molecule has 1 rings (SSSR count). The molecular weight excluding hydrogens is 228 g/mol. The van der Waals surface area contributed by atoms with Crippen molar-refractivity contribution in [2.75, 3.05) is 0 Å². The fraction of sp³-hybridized carbons (Fsp3) is 0.455. The highest BCUT2D eigenvalue weighted by Crippen LogP contribution is 2.30.